The number of aryl methyl sites for hydroxylation is 2. The van der Waals surface area contributed by atoms with Crippen LogP contribution in [-0.4, -0.2) is 49.6 Å². The largest absolute Gasteiger partial charge is 0.506 e. The van der Waals surface area contributed by atoms with Gasteiger partial charge >= 0.3 is 5.97 Å². The number of phenolic OH excluding ortho intramolecular Hbond substituents is 1. The van der Waals surface area contributed by atoms with Crippen molar-refractivity contribution in [2.75, 3.05) is 13.1 Å². The van der Waals surface area contributed by atoms with Crippen LogP contribution in [0.25, 0.3) is 28.0 Å². The fourth-order valence-corrected chi connectivity index (χ4v) is 8.00. The maximum Gasteiger partial charge on any atom is 0.335 e. The van der Waals surface area contributed by atoms with E-state index in [1.807, 2.05) is 59.5 Å². The number of aromatic carboxylic acids is 1. The van der Waals surface area contributed by atoms with Gasteiger partial charge in [-0.2, -0.15) is 0 Å². The molecule has 1 aliphatic carbocycles. The molecule has 0 bridgehead atoms. The molecule has 248 valence electrons. The summed E-state index contributed by atoms with van der Waals surface area (Å²) in [5.74, 6) is -0.389. The second kappa shape index (κ2) is 12.4. The van der Waals surface area contributed by atoms with Crippen molar-refractivity contribution in [3.63, 3.8) is 0 Å². The summed E-state index contributed by atoms with van der Waals surface area (Å²) in [5.41, 5.74) is 7.03. The molecule has 0 radical (unpaired) electrons. The lowest BCUT2D eigenvalue weighted by atomic mass is 9.58. The van der Waals surface area contributed by atoms with E-state index in [0.717, 1.165) is 29.5 Å². The zero-order valence-corrected chi connectivity index (χ0v) is 28.5. The smallest absolute Gasteiger partial charge is 0.335 e. The van der Waals surface area contributed by atoms with Gasteiger partial charge in [-0.15, -0.1) is 0 Å². The quantitative estimate of drug-likeness (QED) is 0.169. The first-order valence-electron chi connectivity index (χ1n) is 16.5. The lowest BCUT2D eigenvalue weighted by Gasteiger charge is -2.50. The third-order valence-corrected chi connectivity index (χ3v) is 10.5. The molecule has 49 heavy (non-hydrogen) atoms. The Labute approximate surface area is 290 Å². The summed E-state index contributed by atoms with van der Waals surface area (Å²) in [4.78, 5) is 32.8. The number of halogens is 1. The predicted octanol–water partition coefficient (Wildman–Crippen LogP) is 8.91. The van der Waals surface area contributed by atoms with Gasteiger partial charge in [0.05, 0.1) is 27.2 Å². The van der Waals surface area contributed by atoms with Gasteiger partial charge in [-0.3, -0.25) is 4.79 Å². The van der Waals surface area contributed by atoms with E-state index in [9.17, 15) is 19.8 Å². The van der Waals surface area contributed by atoms with Crippen molar-refractivity contribution in [1.29, 1.82) is 0 Å². The first-order valence-corrected chi connectivity index (χ1v) is 16.9. The predicted molar refractivity (Wildman–Crippen MR) is 194 cm³/mol. The summed E-state index contributed by atoms with van der Waals surface area (Å²) in [5, 5.41) is 20.0. The van der Waals surface area contributed by atoms with Crippen LogP contribution in [-0.2, 0) is 13.0 Å². The minimum absolute atomic E-state index is 0.0353. The van der Waals surface area contributed by atoms with Crippen LogP contribution < -0.4 is 0 Å². The fraction of sp³-hybridized carbons (Fsp3) is 0.244. The topological polar surface area (TPSA) is 95.7 Å². The molecule has 4 aromatic carbocycles. The van der Waals surface area contributed by atoms with Crippen molar-refractivity contribution in [2.45, 2.75) is 40.2 Å². The average Bonchev–Trinajstić information content (AvgIpc) is 3.43. The maximum absolute atomic E-state index is 14.5. The van der Waals surface area contributed by atoms with Crippen LogP contribution in [0.4, 0.5) is 0 Å². The summed E-state index contributed by atoms with van der Waals surface area (Å²) in [7, 11) is 0. The summed E-state index contributed by atoms with van der Waals surface area (Å²) in [6.45, 7) is 8.29. The van der Waals surface area contributed by atoms with Gasteiger partial charge in [-0.05, 0) is 53.8 Å². The fourth-order valence-electron chi connectivity index (χ4n) is 7.84. The van der Waals surface area contributed by atoms with E-state index in [4.69, 9.17) is 16.6 Å². The molecule has 1 aromatic heterocycles. The van der Waals surface area contributed by atoms with Crippen LogP contribution in [0.5, 0.6) is 5.75 Å². The molecule has 1 atom stereocenters. The Balaban J connectivity index is 1.21. The number of allylic oxidation sites excluding steroid dienone is 2. The second-order valence-corrected chi connectivity index (χ2v) is 14.3. The van der Waals surface area contributed by atoms with E-state index >= 15 is 0 Å². The second-order valence-electron chi connectivity index (χ2n) is 13.9. The molecule has 0 saturated heterocycles. The third kappa shape index (κ3) is 5.82. The Morgan fingerprint density at radius 3 is 2.37 bits per heavy atom. The highest BCUT2D eigenvalue weighted by Gasteiger charge is 2.46. The Bertz CT molecular complexity index is 2160. The Kier molecular flexibility index (Phi) is 8.19. The Morgan fingerprint density at radius 2 is 1.63 bits per heavy atom. The van der Waals surface area contributed by atoms with Crippen molar-refractivity contribution in [3.05, 3.63) is 136 Å². The van der Waals surface area contributed by atoms with Gasteiger partial charge in [0.25, 0.3) is 5.91 Å². The van der Waals surface area contributed by atoms with Gasteiger partial charge in [0.2, 0.25) is 0 Å². The Morgan fingerprint density at radius 1 is 0.918 bits per heavy atom. The number of nitrogens with zero attached hydrogens (tertiary/aromatic N) is 3. The van der Waals surface area contributed by atoms with Crippen molar-refractivity contribution in [3.8, 4) is 17.1 Å². The number of carboxylic acids is 1. The molecule has 0 spiro atoms. The maximum atomic E-state index is 14.5. The molecule has 1 amide bonds. The summed E-state index contributed by atoms with van der Waals surface area (Å²) >= 11 is 6.38. The first kappa shape index (κ1) is 32.4. The van der Waals surface area contributed by atoms with Crippen LogP contribution in [0.15, 0.2) is 109 Å². The number of aromatic nitrogens is 2. The summed E-state index contributed by atoms with van der Waals surface area (Å²) < 4.78 is 2.09. The Hall–Kier alpha value is -5.14. The molecule has 2 N–H and O–H groups in total. The van der Waals surface area contributed by atoms with E-state index in [0.29, 0.717) is 36.5 Å². The number of hydrogen-bond donors (Lipinski definition) is 2. The van der Waals surface area contributed by atoms with E-state index in [2.05, 4.69) is 49.6 Å². The monoisotopic (exact) mass is 671 g/mol. The van der Waals surface area contributed by atoms with Crippen LogP contribution in [0, 0.1) is 10.8 Å². The molecule has 0 fully saturated rings. The number of phenols is 1. The molecule has 8 heteroatoms. The van der Waals surface area contributed by atoms with E-state index in [1.165, 1.54) is 16.7 Å². The number of amides is 1. The number of benzene rings is 4. The van der Waals surface area contributed by atoms with Gasteiger partial charge in [0.1, 0.15) is 11.6 Å². The van der Waals surface area contributed by atoms with Crippen LogP contribution >= 0.6 is 11.6 Å². The average molecular weight is 672 g/mol. The normalized spacial score (nSPS) is 18.5. The van der Waals surface area contributed by atoms with Gasteiger partial charge in [0, 0.05) is 42.1 Å². The lowest BCUT2D eigenvalue weighted by molar-refractivity contribution is 0.0679. The highest BCUT2D eigenvalue weighted by Crippen LogP contribution is 2.55. The molecule has 2 aliphatic rings. The van der Waals surface area contributed by atoms with Crippen molar-refractivity contribution in [2.24, 2.45) is 10.8 Å². The number of hydrogen-bond acceptors (Lipinski definition) is 4. The van der Waals surface area contributed by atoms with Crippen LogP contribution in [0.1, 0.15) is 59.0 Å². The zero-order chi connectivity index (χ0) is 34.5. The molecule has 7 rings (SSSR count). The van der Waals surface area contributed by atoms with Crippen LogP contribution in [0.3, 0.4) is 0 Å². The van der Waals surface area contributed by atoms with E-state index in [1.54, 1.807) is 24.3 Å². The minimum atomic E-state index is -0.939. The number of carboxylic acid groups (broad SMARTS) is 1. The molecule has 1 aliphatic heterocycles. The highest BCUT2D eigenvalue weighted by molar-refractivity contribution is 6.32. The number of rotatable bonds is 7. The number of carbonyl (C=O) groups excluding carboxylic acids is 1. The van der Waals surface area contributed by atoms with Gasteiger partial charge < -0.3 is 19.7 Å². The number of aromatic hydroxyl groups is 1. The minimum Gasteiger partial charge on any atom is -0.506 e. The van der Waals surface area contributed by atoms with Crippen molar-refractivity contribution in [1.82, 2.24) is 14.5 Å². The summed E-state index contributed by atoms with van der Waals surface area (Å²) in [6.07, 6.45) is 5.97. The number of imidazole rings is 1. The number of carbonyl (C=O) groups is 2. The summed E-state index contributed by atoms with van der Waals surface area (Å²) in [6, 6.07) is 28.2. The van der Waals surface area contributed by atoms with Gasteiger partial charge in [0.15, 0.2) is 0 Å². The molecule has 0 unspecified atom stereocenters. The highest BCUT2D eigenvalue weighted by atomic mass is 35.5. The first-order chi connectivity index (χ1) is 23.5. The van der Waals surface area contributed by atoms with Crippen LogP contribution in [0.2, 0.25) is 5.02 Å². The van der Waals surface area contributed by atoms with E-state index in [-0.39, 0.29) is 33.1 Å². The molecular formula is C41H38ClN3O4. The standard InChI is InChI=1S/C41H38ClN3O4/c1-40(2)31(27-13-15-28(16-14-27)39(48)49)17-20-41(3)25-44(21-19-36(40)41)38(47)30-12-8-7-11-29(30)37-43-33-24-35(46)32(42)23-34(33)45(37)22-18-26-9-5-4-6-10-26/h4-17,19,23-24,46H,18,20-22,25H2,1-3H3,(H,48,49)/t41-/m1/s1. The lowest BCUT2D eigenvalue weighted by Crippen LogP contribution is -2.48. The SMILES string of the molecule is CC1(C)C(c2ccc(C(=O)O)cc2)=CC[C@]2(C)CN(C(=O)c3ccccc3-c3nc4cc(O)c(Cl)cc4n3CCc3ccccc3)CC=C12. The van der Waals surface area contributed by atoms with Crippen molar-refractivity contribution < 1.29 is 19.8 Å². The number of fused-ring (bicyclic) bond motifs is 2. The molecule has 7 nitrogen and oxygen atoms in total. The van der Waals surface area contributed by atoms with E-state index < -0.39 is 5.97 Å². The molecule has 0 saturated carbocycles. The molecule has 2 heterocycles. The van der Waals surface area contributed by atoms with Crippen molar-refractivity contribution >= 4 is 40.1 Å². The van der Waals surface area contributed by atoms with Gasteiger partial charge in [-0.1, -0.05) is 111 Å². The zero-order valence-electron chi connectivity index (χ0n) is 27.8. The third-order valence-electron chi connectivity index (χ3n) is 10.2. The molecular weight excluding hydrogens is 634 g/mol. The van der Waals surface area contributed by atoms with Gasteiger partial charge in [-0.25, -0.2) is 9.78 Å². The molecule has 5 aromatic rings.